The Kier molecular flexibility index (Phi) is 13.4. The van der Waals surface area contributed by atoms with E-state index in [1.165, 1.54) is 17.0 Å². The highest BCUT2D eigenvalue weighted by Gasteiger charge is 2.34. The summed E-state index contributed by atoms with van der Waals surface area (Å²) in [5.41, 5.74) is 2.59. The van der Waals surface area contributed by atoms with Gasteiger partial charge in [0.2, 0.25) is 11.8 Å². The fourth-order valence-corrected chi connectivity index (χ4v) is 7.30. The van der Waals surface area contributed by atoms with Crippen molar-refractivity contribution in [3.8, 4) is 11.5 Å². The van der Waals surface area contributed by atoms with Crippen LogP contribution in [0.2, 0.25) is 10.0 Å². The molecular formula is C41H41Cl2N3O5S. The van der Waals surface area contributed by atoms with Crippen molar-refractivity contribution >= 4 is 50.7 Å². The molecule has 5 aromatic rings. The normalized spacial score (nSPS) is 11.8. The van der Waals surface area contributed by atoms with Crippen LogP contribution in [0.5, 0.6) is 11.5 Å². The van der Waals surface area contributed by atoms with Gasteiger partial charge in [-0.2, -0.15) is 0 Å². The molecule has 1 N–H and O–H groups in total. The lowest BCUT2D eigenvalue weighted by Gasteiger charge is -2.34. The van der Waals surface area contributed by atoms with Crippen LogP contribution < -0.4 is 14.4 Å². The van der Waals surface area contributed by atoms with Crippen LogP contribution in [0.15, 0.2) is 132 Å². The number of unbranched alkanes of at least 4 members (excludes halogenated alkanes) is 1. The summed E-state index contributed by atoms with van der Waals surface area (Å²) in [6, 6.07) is 35.6. The Labute approximate surface area is 316 Å². The summed E-state index contributed by atoms with van der Waals surface area (Å²) in [6.07, 6.45) is 1.83. The Morgan fingerprint density at radius 3 is 2.04 bits per heavy atom. The van der Waals surface area contributed by atoms with Gasteiger partial charge in [-0.15, -0.1) is 0 Å². The number of carbonyl (C=O) groups excluding carboxylic acids is 2. The number of halogens is 2. The van der Waals surface area contributed by atoms with Crippen LogP contribution >= 0.6 is 23.2 Å². The van der Waals surface area contributed by atoms with Crippen LogP contribution in [0, 0.1) is 6.92 Å². The Morgan fingerprint density at radius 2 is 1.40 bits per heavy atom. The molecule has 1 unspecified atom stereocenters. The molecule has 0 radical (unpaired) electrons. The highest BCUT2D eigenvalue weighted by atomic mass is 35.5. The number of carbonyl (C=O) groups is 2. The summed E-state index contributed by atoms with van der Waals surface area (Å²) in [7, 11) is -4.27. The Hall–Kier alpha value is -4.83. The second-order valence-corrected chi connectivity index (χ2v) is 15.0. The predicted molar refractivity (Wildman–Crippen MR) is 208 cm³/mol. The quantitative estimate of drug-likeness (QED) is 0.102. The molecule has 2 amide bonds. The number of rotatable bonds is 16. The number of para-hydroxylation sites is 1. The Morgan fingerprint density at radius 1 is 0.769 bits per heavy atom. The fraction of sp³-hybridized carbons (Fsp3) is 0.220. The van der Waals surface area contributed by atoms with Crippen molar-refractivity contribution in [3.05, 3.63) is 154 Å². The molecular weight excluding hydrogens is 717 g/mol. The molecule has 52 heavy (non-hydrogen) atoms. The summed E-state index contributed by atoms with van der Waals surface area (Å²) >= 11 is 12.6. The van der Waals surface area contributed by atoms with Gasteiger partial charge in [-0.3, -0.25) is 13.9 Å². The number of sulfonamides is 1. The van der Waals surface area contributed by atoms with Gasteiger partial charge in [0.25, 0.3) is 10.0 Å². The molecule has 5 aromatic carbocycles. The van der Waals surface area contributed by atoms with Crippen LogP contribution in [0.1, 0.15) is 36.5 Å². The zero-order valence-corrected chi connectivity index (χ0v) is 31.4. The maximum atomic E-state index is 14.7. The first kappa shape index (κ1) is 38.4. The van der Waals surface area contributed by atoms with E-state index in [2.05, 4.69) is 5.32 Å². The second-order valence-electron chi connectivity index (χ2n) is 12.4. The van der Waals surface area contributed by atoms with Crippen molar-refractivity contribution in [2.24, 2.45) is 0 Å². The van der Waals surface area contributed by atoms with Crippen LogP contribution in [0.4, 0.5) is 5.69 Å². The van der Waals surface area contributed by atoms with Crippen molar-refractivity contribution < 1.29 is 22.7 Å². The van der Waals surface area contributed by atoms with Crippen molar-refractivity contribution in [2.75, 3.05) is 17.4 Å². The zero-order valence-electron chi connectivity index (χ0n) is 29.0. The van der Waals surface area contributed by atoms with Crippen LogP contribution in [0.25, 0.3) is 0 Å². The van der Waals surface area contributed by atoms with Gasteiger partial charge in [0.15, 0.2) is 0 Å². The maximum absolute atomic E-state index is 14.7. The number of hydrogen-bond donors (Lipinski definition) is 1. The molecule has 0 fully saturated rings. The highest BCUT2D eigenvalue weighted by Crippen LogP contribution is 2.30. The molecule has 0 spiro atoms. The number of benzene rings is 5. The minimum Gasteiger partial charge on any atom is -0.457 e. The van der Waals surface area contributed by atoms with E-state index in [1.54, 1.807) is 54.6 Å². The van der Waals surface area contributed by atoms with Crippen LogP contribution in [0.3, 0.4) is 0 Å². The summed E-state index contributed by atoms with van der Waals surface area (Å²) in [5, 5.41) is 3.63. The van der Waals surface area contributed by atoms with Crippen molar-refractivity contribution in [1.29, 1.82) is 0 Å². The lowest BCUT2D eigenvalue weighted by molar-refractivity contribution is -0.140. The van der Waals surface area contributed by atoms with Gasteiger partial charge in [0.05, 0.1) is 20.6 Å². The van der Waals surface area contributed by atoms with Crippen molar-refractivity contribution in [3.63, 3.8) is 0 Å². The SMILES string of the molecule is CCCCNC(=O)C(Cc1ccccc1)N(Cc1ccc(Cl)c(Cl)c1)C(=O)CN(c1ccc(Oc2ccccc2)cc1)S(=O)(=O)c1ccc(C)cc1. The molecule has 11 heteroatoms. The number of hydrogen-bond acceptors (Lipinski definition) is 5. The molecule has 0 bridgehead atoms. The first-order valence-electron chi connectivity index (χ1n) is 17.0. The number of aryl methyl sites for hydroxylation is 1. The molecule has 0 saturated carbocycles. The molecule has 0 aromatic heterocycles. The highest BCUT2D eigenvalue weighted by molar-refractivity contribution is 7.92. The molecule has 0 aliphatic rings. The Balaban J connectivity index is 1.56. The van der Waals surface area contributed by atoms with Crippen molar-refractivity contribution in [1.82, 2.24) is 10.2 Å². The third-order valence-electron chi connectivity index (χ3n) is 8.43. The van der Waals surface area contributed by atoms with Crippen molar-refractivity contribution in [2.45, 2.75) is 50.6 Å². The monoisotopic (exact) mass is 757 g/mol. The molecule has 0 aliphatic carbocycles. The van der Waals surface area contributed by atoms with E-state index in [4.69, 9.17) is 27.9 Å². The number of amides is 2. The molecule has 1 atom stereocenters. The largest absolute Gasteiger partial charge is 0.457 e. The van der Waals surface area contributed by atoms with E-state index in [9.17, 15) is 18.0 Å². The van der Waals surface area contributed by atoms with Gasteiger partial charge >= 0.3 is 0 Å². The number of ether oxygens (including phenoxy) is 1. The minimum atomic E-state index is -4.27. The topological polar surface area (TPSA) is 96.0 Å². The van der Waals surface area contributed by atoms with Gasteiger partial charge in [0, 0.05) is 19.5 Å². The lowest BCUT2D eigenvalue weighted by atomic mass is 10.0. The molecule has 0 aliphatic heterocycles. The first-order chi connectivity index (χ1) is 25.0. The lowest BCUT2D eigenvalue weighted by Crippen LogP contribution is -2.53. The predicted octanol–water partition coefficient (Wildman–Crippen LogP) is 8.85. The third kappa shape index (κ3) is 10.2. The zero-order chi connectivity index (χ0) is 37.1. The van der Waals surface area contributed by atoms with Gasteiger partial charge < -0.3 is 15.0 Å². The summed E-state index contributed by atoms with van der Waals surface area (Å²) in [5.74, 6) is 0.176. The summed E-state index contributed by atoms with van der Waals surface area (Å²) in [6.45, 7) is 3.70. The second kappa shape index (κ2) is 18.1. The number of nitrogens with zero attached hydrogens (tertiary/aromatic N) is 2. The summed E-state index contributed by atoms with van der Waals surface area (Å²) < 4.78 is 35.8. The van der Waals surface area contributed by atoms with Crippen LogP contribution in [-0.4, -0.2) is 44.3 Å². The number of anilines is 1. The first-order valence-corrected chi connectivity index (χ1v) is 19.2. The smallest absolute Gasteiger partial charge is 0.264 e. The molecule has 0 saturated heterocycles. The standard InChI is InChI=1S/C41H41Cl2N3O5S/c1-3-4-25-44-41(48)39(27-31-11-7-5-8-12-31)45(28-32-17-24-37(42)38(43)26-32)40(47)29-46(52(49,50)36-22-15-30(2)16-23-36)33-18-20-35(21-19-33)51-34-13-9-6-10-14-34/h5-24,26,39H,3-4,25,27-29H2,1-2H3,(H,44,48). The van der Waals surface area contributed by atoms with Gasteiger partial charge in [-0.1, -0.05) is 109 Å². The van der Waals surface area contributed by atoms with E-state index in [0.717, 1.165) is 28.3 Å². The van der Waals surface area contributed by atoms with E-state index < -0.39 is 28.5 Å². The van der Waals surface area contributed by atoms with E-state index in [-0.39, 0.29) is 29.5 Å². The van der Waals surface area contributed by atoms with Gasteiger partial charge in [-0.05, 0) is 85.1 Å². The molecule has 5 rings (SSSR count). The maximum Gasteiger partial charge on any atom is 0.264 e. The third-order valence-corrected chi connectivity index (χ3v) is 11.0. The van der Waals surface area contributed by atoms with Gasteiger partial charge in [-0.25, -0.2) is 8.42 Å². The van der Waals surface area contributed by atoms with E-state index in [0.29, 0.717) is 33.7 Å². The number of nitrogens with one attached hydrogen (secondary N) is 1. The Bertz CT molecular complexity index is 2050. The molecule has 270 valence electrons. The van der Waals surface area contributed by atoms with E-state index in [1.807, 2.05) is 74.5 Å². The molecule has 8 nitrogen and oxygen atoms in total. The fourth-order valence-electron chi connectivity index (χ4n) is 5.57. The average molecular weight is 759 g/mol. The summed E-state index contributed by atoms with van der Waals surface area (Å²) in [4.78, 5) is 30.2. The minimum absolute atomic E-state index is 0.0182. The average Bonchev–Trinajstić information content (AvgIpc) is 3.15. The molecule has 0 heterocycles. The van der Waals surface area contributed by atoms with E-state index >= 15 is 0 Å². The van der Waals surface area contributed by atoms with Gasteiger partial charge in [0.1, 0.15) is 24.1 Å². The van der Waals surface area contributed by atoms with Crippen LogP contribution in [-0.2, 0) is 32.6 Å².